The number of hydrogen-bond acceptors (Lipinski definition) is 4. The fourth-order valence-electron chi connectivity index (χ4n) is 3.60. The van der Waals surface area contributed by atoms with Crippen molar-refractivity contribution in [1.82, 2.24) is 9.21 Å². The molecule has 2 heterocycles. The summed E-state index contributed by atoms with van der Waals surface area (Å²) in [4.78, 5) is 14.0. The molecule has 2 saturated heterocycles. The number of carbonyl (C=O) groups is 1. The molecule has 0 N–H and O–H groups in total. The summed E-state index contributed by atoms with van der Waals surface area (Å²) in [6.45, 7) is 5.39. The van der Waals surface area contributed by atoms with Crippen molar-refractivity contribution in [3.05, 3.63) is 29.6 Å². The van der Waals surface area contributed by atoms with E-state index in [0.717, 1.165) is 25.3 Å². The maximum Gasteiger partial charge on any atom is 0.254 e. The second-order valence-electron chi connectivity index (χ2n) is 7.08. The van der Waals surface area contributed by atoms with Crippen molar-refractivity contribution in [2.75, 3.05) is 26.2 Å². The Balaban J connectivity index is 1.88. The third kappa shape index (κ3) is 3.92. The molecule has 6 nitrogen and oxygen atoms in total. The van der Waals surface area contributed by atoms with Crippen molar-refractivity contribution in [2.24, 2.45) is 0 Å². The highest BCUT2D eigenvalue weighted by atomic mass is 32.2. The Morgan fingerprint density at radius 1 is 1.12 bits per heavy atom. The highest BCUT2D eigenvalue weighted by Gasteiger charge is 2.31. The molecule has 1 amide bonds. The first-order valence-electron chi connectivity index (χ1n) is 9.03. The number of nitrogens with zero attached hydrogens (tertiary/aromatic N) is 2. The predicted octanol–water partition coefficient (Wildman–Crippen LogP) is 2.25. The van der Waals surface area contributed by atoms with Crippen LogP contribution in [0.2, 0.25) is 0 Å². The maximum absolute atomic E-state index is 14.3. The fraction of sp³-hybridized carbons (Fsp3) is 0.611. The molecule has 2 aliphatic heterocycles. The largest absolute Gasteiger partial charge is 0.372 e. The summed E-state index contributed by atoms with van der Waals surface area (Å²) in [6.07, 6.45) is 2.31. The lowest BCUT2D eigenvalue weighted by atomic mass is 10.1. The van der Waals surface area contributed by atoms with E-state index in [1.807, 2.05) is 13.8 Å². The highest BCUT2D eigenvalue weighted by Crippen LogP contribution is 2.25. The van der Waals surface area contributed by atoms with E-state index in [0.29, 0.717) is 26.2 Å². The molecule has 0 aliphatic carbocycles. The van der Waals surface area contributed by atoms with Crippen LogP contribution in [0.25, 0.3) is 0 Å². The van der Waals surface area contributed by atoms with Gasteiger partial charge in [0.05, 0.1) is 12.2 Å². The van der Waals surface area contributed by atoms with Crippen LogP contribution < -0.4 is 0 Å². The highest BCUT2D eigenvalue weighted by molar-refractivity contribution is 7.89. The molecule has 2 aliphatic rings. The molecule has 0 aromatic heterocycles. The molecule has 0 bridgehead atoms. The van der Waals surface area contributed by atoms with Gasteiger partial charge in [-0.1, -0.05) is 6.42 Å². The first-order chi connectivity index (χ1) is 12.3. The van der Waals surface area contributed by atoms with Crippen LogP contribution in [-0.4, -0.2) is 61.9 Å². The number of halogens is 1. The van der Waals surface area contributed by atoms with Gasteiger partial charge >= 0.3 is 0 Å². The van der Waals surface area contributed by atoms with Crippen LogP contribution in [-0.2, 0) is 14.8 Å². The van der Waals surface area contributed by atoms with E-state index in [9.17, 15) is 17.6 Å². The number of hydrogen-bond donors (Lipinski definition) is 0. The summed E-state index contributed by atoms with van der Waals surface area (Å²) in [5.74, 6) is -1.13. The van der Waals surface area contributed by atoms with Crippen molar-refractivity contribution in [3.63, 3.8) is 0 Å². The van der Waals surface area contributed by atoms with Gasteiger partial charge < -0.3 is 9.64 Å². The fourth-order valence-corrected chi connectivity index (χ4v) is 5.21. The molecule has 0 unspecified atom stereocenters. The van der Waals surface area contributed by atoms with Gasteiger partial charge in [-0.3, -0.25) is 4.79 Å². The summed E-state index contributed by atoms with van der Waals surface area (Å²) in [5.41, 5.74) is 0.184. The summed E-state index contributed by atoms with van der Waals surface area (Å²) in [5, 5.41) is 0. The Labute approximate surface area is 154 Å². The van der Waals surface area contributed by atoms with Crippen LogP contribution in [0.5, 0.6) is 0 Å². The standard InChI is InChI=1S/C18H25FN2O4S/c1-13-11-20(12-14(2)25-13)18(22)15-6-7-16(19)17(10-15)26(23,24)21-8-4-3-5-9-21/h6-7,10,13-14H,3-5,8-9,11-12H2,1-2H3/t13-,14+. The predicted molar refractivity (Wildman–Crippen MR) is 94.9 cm³/mol. The Hall–Kier alpha value is -1.51. The lowest BCUT2D eigenvalue weighted by Crippen LogP contribution is -2.48. The maximum atomic E-state index is 14.3. The molecule has 3 rings (SSSR count). The second-order valence-corrected chi connectivity index (χ2v) is 8.98. The summed E-state index contributed by atoms with van der Waals surface area (Å²) >= 11 is 0. The minimum atomic E-state index is -3.94. The van der Waals surface area contributed by atoms with Crippen LogP contribution in [0.15, 0.2) is 23.1 Å². The summed E-state index contributed by atoms with van der Waals surface area (Å²) in [7, 11) is -3.94. The Morgan fingerprint density at radius 3 is 2.35 bits per heavy atom. The Kier molecular flexibility index (Phi) is 5.64. The summed E-state index contributed by atoms with van der Waals surface area (Å²) < 4.78 is 46.8. The molecule has 144 valence electrons. The van der Waals surface area contributed by atoms with E-state index in [-0.39, 0.29) is 23.7 Å². The van der Waals surface area contributed by atoms with Crippen LogP contribution in [0.3, 0.4) is 0 Å². The number of benzene rings is 1. The SMILES string of the molecule is C[C@@H]1CN(C(=O)c2ccc(F)c(S(=O)(=O)N3CCCCC3)c2)C[C@H](C)O1. The number of piperidine rings is 1. The lowest BCUT2D eigenvalue weighted by molar-refractivity contribution is -0.0586. The smallest absolute Gasteiger partial charge is 0.254 e. The van der Waals surface area contributed by atoms with E-state index in [2.05, 4.69) is 0 Å². The molecule has 8 heteroatoms. The molecule has 2 atom stereocenters. The zero-order chi connectivity index (χ0) is 18.9. The number of ether oxygens (including phenoxy) is 1. The van der Waals surface area contributed by atoms with Crippen molar-refractivity contribution in [2.45, 2.75) is 50.2 Å². The van der Waals surface area contributed by atoms with Crippen molar-refractivity contribution in [3.8, 4) is 0 Å². The van der Waals surface area contributed by atoms with E-state index in [1.165, 1.54) is 16.4 Å². The third-order valence-corrected chi connectivity index (χ3v) is 6.73. The molecular formula is C18H25FN2O4S. The molecule has 26 heavy (non-hydrogen) atoms. The minimum absolute atomic E-state index is 0.0975. The van der Waals surface area contributed by atoms with Gasteiger partial charge in [0.25, 0.3) is 5.91 Å². The van der Waals surface area contributed by atoms with Gasteiger partial charge in [0, 0.05) is 31.7 Å². The molecule has 0 saturated carbocycles. The number of morpholine rings is 1. The molecule has 0 spiro atoms. The van der Waals surface area contributed by atoms with Gasteiger partial charge in [0.1, 0.15) is 10.7 Å². The van der Waals surface area contributed by atoms with Crippen LogP contribution in [0, 0.1) is 5.82 Å². The van der Waals surface area contributed by atoms with Crippen LogP contribution in [0.4, 0.5) is 4.39 Å². The zero-order valence-corrected chi connectivity index (χ0v) is 16.0. The molecule has 1 aromatic rings. The quantitative estimate of drug-likeness (QED) is 0.802. The number of carbonyl (C=O) groups excluding carboxylic acids is 1. The lowest BCUT2D eigenvalue weighted by Gasteiger charge is -2.35. The molecule has 1 aromatic carbocycles. The normalized spacial score (nSPS) is 25.3. The minimum Gasteiger partial charge on any atom is -0.372 e. The third-order valence-electron chi connectivity index (χ3n) is 4.82. The average molecular weight is 384 g/mol. The number of rotatable bonds is 3. The van der Waals surface area contributed by atoms with Crippen LogP contribution >= 0.6 is 0 Å². The van der Waals surface area contributed by atoms with Gasteiger partial charge in [-0.15, -0.1) is 0 Å². The van der Waals surface area contributed by atoms with Crippen molar-refractivity contribution in [1.29, 1.82) is 0 Å². The van der Waals surface area contributed by atoms with E-state index in [1.54, 1.807) is 4.90 Å². The van der Waals surface area contributed by atoms with E-state index < -0.39 is 20.7 Å². The van der Waals surface area contributed by atoms with Gasteiger partial charge in [-0.25, -0.2) is 12.8 Å². The van der Waals surface area contributed by atoms with Crippen molar-refractivity contribution < 1.29 is 22.3 Å². The Morgan fingerprint density at radius 2 is 1.73 bits per heavy atom. The number of amides is 1. The monoisotopic (exact) mass is 384 g/mol. The van der Waals surface area contributed by atoms with Crippen molar-refractivity contribution >= 4 is 15.9 Å². The van der Waals surface area contributed by atoms with E-state index >= 15 is 0 Å². The Bertz CT molecular complexity index is 767. The van der Waals surface area contributed by atoms with Gasteiger partial charge in [-0.05, 0) is 44.9 Å². The van der Waals surface area contributed by atoms with Gasteiger partial charge in [0.2, 0.25) is 10.0 Å². The average Bonchev–Trinajstić information content (AvgIpc) is 2.61. The molecule has 0 radical (unpaired) electrons. The van der Waals surface area contributed by atoms with Gasteiger partial charge in [0.15, 0.2) is 0 Å². The van der Waals surface area contributed by atoms with E-state index in [4.69, 9.17) is 4.74 Å². The number of sulfonamides is 1. The van der Waals surface area contributed by atoms with Gasteiger partial charge in [-0.2, -0.15) is 4.31 Å². The first-order valence-corrected chi connectivity index (χ1v) is 10.5. The molecular weight excluding hydrogens is 359 g/mol. The topological polar surface area (TPSA) is 66.9 Å². The first kappa shape index (κ1) is 19.3. The second kappa shape index (κ2) is 7.62. The van der Waals surface area contributed by atoms with Crippen LogP contribution in [0.1, 0.15) is 43.5 Å². The summed E-state index contributed by atoms with van der Waals surface area (Å²) in [6, 6.07) is 3.58. The molecule has 2 fully saturated rings. The zero-order valence-electron chi connectivity index (χ0n) is 15.2.